The Morgan fingerprint density at radius 1 is 1.05 bits per heavy atom. The smallest absolute Gasteiger partial charge is 0.303 e. The predicted molar refractivity (Wildman–Crippen MR) is 73.3 cm³/mol. The Labute approximate surface area is 130 Å². The summed E-state index contributed by atoms with van der Waals surface area (Å²) in [5.74, 6) is -1.67. The van der Waals surface area contributed by atoms with Crippen LogP contribution in [0, 0.1) is 0 Å². The number of rotatable bonds is 4. The van der Waals surface area contributed by atoms with Gasteiger partial charge in [-0.05, 0) is 0 Å². The summed E-state index contributed by atoms with van der Waals surface area (Å²) >= 11 is 3.21. The van der Waals surface area contributed by atoms with Gasteiger partial charge >= 0.3 is 17.9 Å². The van der Waals surface area contributed by atoms with Crippen molar-refractivity contribution < 1.29 is 33.3 Å². The number of hydrogen-bond acceptors (Lipinski definition) is 8. The van der Waals surface area contributed by atoms with E-state index < -0.39 is 47.3 Å². The molecule has 8 nitrogen and oxygen atoms in total. The molecule has 0 spiro atoms. The molecule has 21 heavy (non-hydrogen) atoms. The molecule has 1 fully saturated rings. The Kier molecular flexibility index (Phi) is 6.56. The zero-order valence-corrected chi connectivity index (χ0v) is 13.5. The second-order valence-corrected chi connectivity index (χ2v) is 5.46. The summed E-state index contributed by atoms with van der Waals surface area (Å²) in [5.41, 5.74) is 5.91. The van der Waals surface area contributed by atoms with Crippen LogP contribution in [0.5, 0.6) is 0 Å². The molecule has 0 amide bonds. The Balaban J connectivity index is 2.94. The van der Waals surface area contributed by atoms with E-state index in [1.54, 1.807) is 0 Å². The third kappa shape index (κ3) is 5.25. The highest BCUT2D eigenvalue weighted by atomic mass is 79.9. The monoisotopic (exact) mass is 367 g/mol. The summed E-state index contributed by atoms with van der Waals surface area (Å²) in [6.45, 7) is 3.52. The maximum Gasteiger partial charge on any atom is 0.303 e. The molecule has 0 aromatic heterocycles. The molecule has 0 radical (unpaired) electrons. The number of carbonyl (C=O) groups is 3. The summed E-state index contributed by atoms with van der Waals surface area (Å²) in [5, 5.41) is -0.644. The maximum atomic E-state index is 11.2. The summed E-state index contributed by atoms with van der Waals surface area (Å²) in [4.78, 5) is 33.4. The molecule has 5 unspecified atom stereocenters. The molecule has 1 rings (SSSR count). The molecule has 0 aromatic rings. The summed E-state index contributed by atoms with van der Waals surface area (Å²) in [6, 6.07) is -0.744. The third-order valence-corrected chi connectivity index (χ3v) is 3.56. The molecule has 1 aliphatic rings. The van der Waals surface area contributed by atoms with Crippen LogP contribution in [0.1, 0.15) is 20.8 Å². The van der Waals surface area contributed by atoms with Gasteiger partial charge in [-0.3, -0.25) is 14.4 Å². The minimum Gasteiger partial charge on any atom is -0.463 e. The van der Waals surface area contributed by atoms with Gasteiger partial charge in [-0.1, -0.05) is 15.9 Å². The van der Waals surface area contributed by atoms with Gasteiger partial charge in [0.25, 0.3) is 0 Å². The molecule has 1 heterocycles. The van der Waals surface area contributed by atoms with E-state index in [0.717, 1.165) is 0 Å². The van der Waals surface area contributed by atoms with E-state index in [0.29, 0.717) is 0 Å². The molecule has 2 N–H and O–H groups in total. The number of ether oxygens (including phenoxy) is 4. The molecular weight excluding hydrogens is 350 g/mol. The van der Waals surface area contributed by atoms with E-state index in [9.17, 15) is 14.4 Å². The van der Waals surface area contributed by atoms with Crippen molar-refractivity contribution in [3.8, 4) is 0 Å². The number of hydrogen-bond donors (Lipinski definition) is 1. The lowest BCUT2D eigenvalue weighted by Crippen LogP contribution is -2.62. The minimum atomic E-state index is -0.963. The lowest BCUT2D eigenvalue weighted by atomic mass is 9.98. The van der Waals surface area contributed by atoms with Crippen LogP contribution >= 0.6 is 15.9 Å². The van der Waals surface area contributed by atoms with Crippen molar-refractivity contribution in [1.29, 1.82) is 0 Å². The largest absolute Gasteiger partial charge is 0.463 e. The van der Waals surface area contributed by atoms with Crippen molar-refractivity contribution in [3.05, 3.63) is 0 Å². The molecule has 0 aromatic carbocycles. The Hall–Kier alpha value is -1.19. The molecule has 120 valence electrons. The second-order valence-electron chi connectivity index (χ2n) is 4.55. The summed E-state index contributed by atoms with van der Waals surface area (Å²) < 4.78 is 20.7. The van der Waals surface area contributed by atoms with E-state index in [2.05, 4.69) is 15.9 Å². The molecular formula is C12H18BrNO7. The molecule has 9 heteroatoms. The first-order chi connectivity index (χ1) is 9.72. The first-order valence-corrected chi connectivity index (χ1v) is 7.17. The van der Waals surface area contributed by atoms with Gasteiger partial charge in [0.1, 0.15) is 17.7 Å². The first-order valence-electron chi connectivity index (χ1n) is 6.25. The van der Waals surface area contributed by atoms with Gasteiger partial charge in [-0.15, -0.1) is 0 Å². The highest BCUT2D eigenvalue weighted by molar-refractivity contribution is 9.09. The fourth-order valence-electron chi connectivity index (χ4n) is 1.92. The minimum absolute atomic E-state index is 0.153. The van der Waals surface area contributed by atoms with Crippen LogP contribution < -0.4 is 5.73 Å². The Morgan fingerprint density at radius 3 is 2.05 bits per heavy atom. The molecule has 1 aliphatic heterocycles. The molecule has 0 bridgehead atoms. The van der Waals surface area contributed by atoms with Gasteiger partial charge in [-0.2, -0.15) is 0 Å². The molecule has 0 saturated carbocycles. The van der Waals surface area contributed by atoms with Crippen molar-refractivity contribution in [1.82, 2.24) is 0 Å². The quantitative estimate of drug-likeness (QED) is 0.414. The van der Waals surface area contributed by atoms with Crippen LogP contribution in [0.25, 0.3) is 0 Å². The Morgan fingerprint density at radius 2 is 1.57 bits per heavy atom. The van der Waals surface area contributed by atoms with Crippen LogP contribution in [0.3, 0.4) is 0 Å². The van der Waals surface area contributed by atoms with Gasteiger partial charge in [0.15, 0.2) is 12.2 Å². The highest BCUT2D eigenvalue weighted by Crippen LogP contribution is 2.28. The fourth-order valence-corrected chi connectivity index (χ4v) is 2.50. The van der Waals surface area contributed by atoms with Crippen LogP contribution in [0.15, 0.2) is 0 Å². The van der Waals surface area contributed by atoms with Crippen LogP contribution in [-0.4, -0.2) is 53.9 Å². The van der Waals surface area contributed by atoms with E-state index in [4.69, 9.17) is 24.7 Å². The van der Waals surface area contributed by atoms with E-state index in [1.165, 1.54) is 20.8 Å². The SMILES string of the molecule is CC(=O)OCC1OC(Br)C(N)C(OC(C)=O)C1OC(C)=O. The van der Waals surface area contributed by atoms with Gasteiger partial charge in [0, 0.05) is 20.8 Å². The second kappa shape index (κ2) is 7.71. The fraction of sp³-hybridized carbons (Fsp3) is 0.750. The summed E-state index contributed by atoms with van der Waals surface area (Å²) in [6.07, 6.45) is -2.68. The highest BCUT2D eigenvalue weighted by Gasteiger charge is 2.47. The Bertz CT molecular complexity index is 416. The maximum absolute atomic E-state index is 11.2. The molecule has 0 aliphatic carbocycles. The van der Waals surface area contributed by atoms with Crippen molar-refractivity contribution in [2.75, 3.05) is 6.61 Å². The van der Waals surface area contributed by atoms with Crippen molar-refractivity contribution >= 4 is 33.8 Å². The average molecular weight is 368 g/mol. The predicted octanol–water partition coefficient (Wildman–Crippen LogP) is -0.140. The van der Waals surface area contributed by atoms with Crippen molar-refractivity contribution in [2.24, 2.45) is 5.73 Å². The first kappa shape index (κ1) is 17.9. The van der Waals surface area contributed by atoms with E-state index in [1.807, 2.05) is 0 Å². The molecule has 1 saturated heterocycles. The number of alkyl halides is 1. The van der Waals surface area contributed by atoms with Gasteiger partial charge in [-0.25, -0.2) is 0 Å². The normalized spacial score (nSPS) is 32.1. The lowest BCUT2D eigenvalue weighted by molar-refractivity contribution is -0.208. The number of nitrogens with two attached hydrogens (primary N) is 1. The zero-order valence-electron chi connectivity index (χ0n) is 11.9. The van der Waals surface area contributed by atoms with E-state index >= 15 is 0 Å². The van der Waals surface area contributed by atoms with Crippen LogP contribution in [0.2, 0.25) is 0 Å². The van der Waals surface area contributed by atoms with Gasteiger partial charge in [0.2, 0.25) is 0 Å². The topological polar surface area (TPSA) is 114 Å². The van der Waals surface area contributed by atoms with E-state index in [-0.39, 0.29) is 6.61 Å². The van der Waals surface area contributed by atoms with Gasteiger partial charge < -0.3 is 24.7 Å². The number of halogens is 1. The van der Waals surface area contributed by atoms with Gasteiger partial charge in [0.05, 0.1) is 6.04 Å². The number of carbonyl (C=O) groups excluding carboxylic acids is 3. The summed E-state index contributed by atoms with van der Waals surface area (Å²) in [7, 11) is 0. The standard InChI is InChI=1S/C12H18BrNO7/c1-5(15)18-4-8-10(19-6(2)16)11(20-7(3)17)9(14)12(13)21-8/h8-12H,4,14H2,1-3H3. The third-order valence-electron chi connectivity index (χ3n) is 2.73. The van der Waals surface area contributed by atoms with Crippen molar-refractivity contribution in [2.45, 2.75) is 50.1 Å². The number of esters is 3. The lowest BCUT2D eigenvalue weighted by Gasteiger charge is -2.42. The van der Waals surface area contributed by atoms with Crippen molar-refractivity contribution in [3.63, 3.8) is 0 Å². The molecule has 5 atom stereocenters. The van der Waals surface area contributed by atoms with Crippen LogP contribution in [0.4, 0.5) is 0 Å². The average Bonchev–Trinajstić information content (AvgIpc) is 2.35. The van der Waals surface area contributed by atoms with Crippen LogP contribution in [-0.2, 0) is 33.3 Å². The zero-order chi connectivity index (χ0) is 16.2.